The first kappa shape index (κ1) is 22.6. The van der Waals surface area contributed by atoms with Gasteiger partial charge < -0.3 is 15.1 Å². The van der Waals surface area contributed by atoms with Crippen LogP contribution >= 0.6 is 11.6 Å². The van der Waals surface area contributed by atoms with Gasteiger partial charge in [-0.1, -0.05) is 11.6 Å². The Kier molecular flexibility index (Phi) is 6.68. The molecular formula is C21H24ClF3N6O. The standard InChI is InChI=1S/C21H24ClF3N6O/c22-17-12-15(21(23,24)25)13-28-18(17)30-8-2-14(3-9-30)19(32)29-16-4-10-31(11-5-16)20-26-6-1-7-27-20/h1,6-7,12-14,16H,2-5,8-11H2,(H,29,32). The number of hydrogen-bond donors (Lipinski definition) is 1. The highest BCUT2D eigenvalue weighted by atomic mass is 35.5. The molecule has 1 amide bonds. The van der Waals surface area contributed by atoms with E-state index in [1.165, 1.54) is 0 Å². The highest BCUT2D eigenvalue weighted by Gasteiger charge is 2.33. The smallest absolute Gasteiger partial charge is 0.355 e. The van der Waals surface area contributed by atoms with Gasteiger partial charge in [0, 0.05) is 56.7 Å². The van der Waals surface area contributed by atoms with E-state index in [-0.39, 0.29) is 22.9 Å². The molecule has 172 valence electrons. The number of carbonyl (C=O) groups is 1. The van der Waals surface area contributed by atoms with Gasteiger partial charge in [-0.15, -0.1) is 0 Å². The predicted octanol–water partition coefficient (Wildman–Crippen LogP) is 3.55. The molecule has 2 aliphatic heterocycles. The molecule has 2 aromatic rings. The topological polar surface area (TPSA) is 74.2 Å². The summed E-state index contributed by atoms with van der Waals surface area (Å²) in [5.41, 5.74) is -0.870. The molecule has 0 bridgehead atoms. The van der Waals surface area contributed by atoms with E-state index in [9.17, 15) is 18.0 Å². The number of aromatic nitrogens is 3. The number of alkyl halides is 3. The lowest BCUT2D eigenvalue weighted by Gasteiger charge is -2.35. The van der Waals surface area contributed by atoms with Gasteiger partial charge in [-0.3, -0.25) is 4.79 Å². The summed E-state index contributed by atoms with van der Waals surface area (Å²) in [6.45, 7) is 2.59. The van der Waals surface area contributed by atoms with Crippen molar-refractivity contribution in [2.45, 2.75) is 37.9 Å². The molecule has 0 radical (unpaired) electrons. The lowest BCUT2D eigenvalue weighted by molar-refractivity contribution is -0.137. The normalized spacial score (nSPS) is 18.6. The number of halogens is 4. The number of anilines is 2. The van der Waals surface area contributed by atoms with Gasteiger partial charge in [0.1, 0.15) is 5.82 Å². The van der Waals surface area contributed by atoms with Gasteiger partial charge in [0.25, 0.3) is 0 Å². The van der Waals surface area contributed by atoms with Crippen LogP contribution in [-0.4, -0.2) is 53.1 Å². The van der Waals surface area contributed by atoms with Crippen LogP contribution in [-0.2, 0) is 11.0 Å². The maximum atomic E-state index is 12.8. The van der Waals surface area contributed by atoms with Crippen molar-refractivity contribution in [1.82, 2.24) is 20.3 Å². The summed E-state index contributed by atoms with van der Waals surface area (Å²) in [6.07, 6.45) is 2.61. The van der Waals surface area contributed by atoms with E-state index in [0.717, 1.165) is 38.2 Å². The third kappa shape index (κ3) is 5.23. The molecule has 0 unspecified atom stereocenters. The minimum atomic E-state index is -4.48. The number of piperidine rings is 2. The molecule has 2 aromatic heterocycles. The first-order valence-electron chi connectivity index (χ1n) is 10.6. The van der Waals surface area contributed by atoms with Crippen molar-refractivity contribution in [1.29, 1.82) is 0 Å². The minimum Gasteiger partial charge on any atom is -0.355 e. The first-order chi connectivity index (χ1) is 15.3. The number of nitrogens with zero attached hydrogens (tertiary/aromatic N) is 5. The summed E-state index contributed by atoms with van der Waals surface area (Å²) >= 11 is 6.06. The van der Waals surface area contributed by atoms with Crippen molar-refractivity contribution in [2.75, 3.05) is 36.0 Å². The molecule has 1 N–H and O–H groups in total. The van der Waals surface area contributed by atoms with Gasteiger partial charge in [-0.2, -0.15) is 13.2 Å². The lowest BCUT2D eigenvalue weighted by Crippen LogP contribution is -2.48. The summed E-state index contributed by atoms with van der Waals surface area (Å²) in [5, 5.41) is 3.13. The van der Waals surface area contributed by atoms with Crippen LogP contribution in [0.2, 0.25) is 5.02 Å². The fraction of sp³-hybridized carbons (Fsp3) is 0.524. The second-order valence-corrected chi connectivity index (χ2v) is 8.51. The molecular weight excluding hydrogens is 445 g/mol. The molecule has 11 heteroatoms. The van der Waals surface area contributed by atoms with E-state index in [1.807, 2.05) is 4.90 Å². The Bertz CT molecular complexity index is 929. The average Bonchev–Trinajstić information content (AvgIpc) is 2.79. The quantitative estimate of drug-likeness (QED) is 0.739. The lowest BCUT2D eigenvalue weighted by atomic mass is 9.94. The van der Waals surface area contributed by atoms with Gasteiger partial charge in [-0.25, -0.2) is 15.0 Å². The molecule has 0 atom stereocenters. The highest BCUT2D eigenvalue weighted by Crippen LogP contribution is 2.34. The Morgan fingerprint density at radius 1 is 1.00 bits per heavy atom. The molecule has 2 saturated heterocycles. The Morgan fingerprint density at radius 2 is 1.62 bits per heavy atom. The van der Waals surface area contributed by atoms with Crippen LogP contribution in [0.15, 0.2) is 30.7 Å². The van der Waals surface area contributed by atoms with Crippen molar-refractivity contribution in [2.24, 2.45) is 5.92 Å². The van der Waals surface area contributed by atoms with Gasteiger partial charge in [0.05, 0.1) is 10.6 Å². The molecule has 2 aliphatic rings. The molecule has 32 heavy (non-hydrogen) atoms. The van der Waals surface area contributed by atoms with E-state index in [4.69, 9.17) is 11.6 Å². The maximum Gasteiger partial charge on any atom is 0.417 e. The van der Waals surface area contributed by atoms with Crippen molar-refractivity contribution < 1.29 is 18.0 Å². The van der Waals surface area contributed by atoms with Crippen LogP contribution < -0.4 is 15.1 Å². The third-order valence-electron chi connectivity index (χ3n) is 5.99. The fourth-order valence-corrected chi connectivity index (χ4v) is 4.46. The second-order valence-electron chi connectivity index (χ2n) is 8.11. The van der Waals surface area contributed by atoms with E-state index in [2.05, 4.69) is 25.2 Å². The summed E-state index contributed by atoms with van der Waals surface area (Å²) in [4.78, 5) is 29.2. The summed E-state index contributed by atoms with van der Waals surface area (Å²) in [5.74, 6) is 0.940. The van der Waals surface area contributed by atoms with Crippen molar-refractivity contribution in [3.63, 3.8) is 0 Å². The zero-order valence-corrected chi connectivity index (χ0v) is 18.1. The molecule has 0 aliphatic carbocycles. The average molecular weight is 469 g/mol. The number of rotatable bonds is 4. The Labute approximate surface area is 189 Å². The minimum absolute atomic E-state index is 0.0307. The molecule has 7 nitrogen and oxygen atoms in total. The second kappa shape index (κ2) is 9.48. The van der Waals surface area contributed by atoms with Crippen molar-refractivity contribution in [3.05, 3.63) is 41.3 Å². The van der Waals surface area contributed by atoms with E-state index >= 15 is 0 Å². The summed E-state index contributed by atoms with van der Waals surface area (Å²) in [7, 11) is 0. The number of pyridine rings is 1. The highest BCUT2D eigenvalue weighted by molar-refractivity contribution is 6.33. The zero-order chi connectivity index (χ0) is 22.7. The largest absolute Gasteiger partial charge is 0.417 e. The summed E-state index contributed by atoms with van der Waals surface area (Å²) in [6, 6.07) is 2.80. The van der Waals surface area contributed by atoms with Crippen LogP contribution in [0.3, 0.4) is 0 Å². The zero-order valence-electron chi connectivity index (χ0n) is 17.4. The fourth-order valence-electron chi connectivity index (χ4n) is 4.17. The van der Waals surface area contributed by atoms with E-state index < -0.39 is 11.7 Å². The maximum absolute atomic E-state index is 12.8. The number of amides is 1. The van der Waals surface area contributed by atoms with Crippen LogP contribution in [0.25, 0.3) is 0 Å². The first-order valence-corrected chi connectivity index (χ1v) is 11.0. The third-order valence-corrected chi connectivity index (χ3v) is 6.27. The Hall–Kier alpha value is -2.62. The number of carbonyl (C=O) groups excluding carboxylic acids is 1. The number of hydrogen-bond acceptors (Lipinski definition) is 6. The van der Waals surface area contributed by atoms with Crippen LogP contribution in [0, 0.1) is 5.92 Å². The molecule has 4 heterocycles. The van der Waals surface area contributed by atoms with E-state index in [1.54, 1.807) is 18.5 Å². The van der Waals surface area contributed by atoms with Gasteiger partial charge in [0.15, 0.2) is 0 Å². The van der Waals surface area contributed by atoms with Crippen molar-refractivity contribution in [3.8, 4) is 0 Å². The van der Waals surface area contributed by atoms with Crippen molar-refractivity contribution >= 4 is 29.3 Å². The van der Waals surface area contributed by atoms with Gasteiger partial charge in [-0.05, 0) is 37.8 Å². The predicted molar refractivity (Wildman–Crippen MR) is 115 cm³/mol. The molecule has 2 fully saturated rings. The number of nitrogens with one attached hydrogen (secondary N) is 1. The van der Waals surface area contributed by atoms with Crippen LogP contribution in [0.5, 0.6) is 0 Å². The Morgan fingerprint density at radius 3 is 2.22 bits per heavy atom. The van der Waals surface area contributed by atoms with Crippen LogP contribution in [0.4, 0.5) is 24.9 Å². The SMILES string of the molecule is O=C(NC1CCN(c2ncccn2)CC1)C1CCN(c2ncc(C(F)(F)F)cc2Cl)CC1. The monoisotopic (exact) mass is 468 g/mol. The van der Waals surface area contributed by atoms with Crippen LogP contribution in [0.1, 0.15) is 31.2 Å². The summed E-state index contributed by atoms with van der Waals surface area (Å²) < 4.78 is 38.5. The van der Waals surface area contributed by atoms with Gasteiger partial charge >= 0.3 is 6.18 Å². The molecule has 0 spiro atoms. The molecule has 4 rings (SSSR count). The van der Waals surface area contributed by atoms with E-state index in [0.29, 0.717) is 37.7 Å². The van der Waals surface area contributed by atoms with Gasteiger partial charge in [0.2, 0.25) is 11.9 Å². The Balaban J connectivity index is 1.25. The molecule has 0 aromatic carbocycles. The molecule has 0 saturated carbocycles.